The summed E-state index contributed by atoms with van der Waals surface area (Å²) in [6, 6.07) is 12.3. The minimum Gasteiger partial charge on any atom is -0.457 e. The number of primary amides is 1. The smallest absolute Gasteiger partial charge is 0.433 e. The summed E-state index contributed by atoms with van der Waals surface area (Å²) in [5.41, 5.74) is 6.19. The van der Waals surface area contributed by atoms with Crippen LogP contribution >= 0.6 is 0 Å². The summed E-state index contributed by atoms with van der Waals surface area (Å²) in [4.78, 5) is 15.7. The van der Waals surface area contributed by atoms with E-state index in [1.807, 2.05) is 0 Å². The van der Waals surface area contributed by atoms with Crippen molar-refractivity contribution in [3.05, 3.63) is 71.4 Å². The van der Waals surface area contributed by atoms with Crippen molar-refractivity contribution in [1.29, 1.82) is 5.41 Å². The molecule has 3 aromatic rings. The van der Waals surface area contributed by atoms with Gasteiger partial charge in [0.05, 0.1) is 5.69 Å². The Labute approximate surface area is 176 Å². The first-order chi connectivity index (χ1) is 14.6. The molecule has 1 heterocycles. The van der Waals surface area contributed by atoms with Gasteiger partial charge in [0.15, 0.2) is 0 Å². The summed E-state index contributed by atoms with van der Waals surface area (Å²) in [5, 5.41) is 10.0. The van der Waals surface area contributed by atoms with Gasteiger partial charge in [0.2, 0.25) is 5.91 Å². The van der Waals surface area contributed by atoms with Gasteiger partial charge in [-0.25, -0.2) is 0 Å². The molecular weight excluding hydrogens is 409 g/mol. The molecule has 1 aromatic heterocycles. The highest BCUT2D eigenvalue weighted by Gasteiger charge is 2.36. The number of ether oxygens (including phenoxy) is 1. The molecule has 0 aliphatic rings. The zero-order valence-electron chi connectivity index (χ0n) is 16.7. The van der Waals surface area contributed by atoms with Crippen LogP contribution in [0.15, 0.2) is 54.7 Å². The summed E-state index contributed by atoms with van der Waals surface area (Å²) in [6.45, 7) is 1.77. The number of aryl methyl sites for hydroxylation is 1. The number of rotatable bonds is 6. The topological polar surface area (TPSA) is 101 Å². The van der Waals surface area contributed by atoms with Crippen molar-refractivity contribution in [3.63, 3.8) is 0 Å². The highest BCUT2D eigenvalue weighted by molar-refractivity contribution is 6.06. The molecule has 0 unspecified atom stereocenters. The van der Waals surface area contributed by atoms with Gasteiger partial charge < -0.3 is 15.8 Å². The SMILES string of the molecule is CNc1cc(Oc2ccnc(-c3ccc(C(N)=O)c(C)c3)c2)ccc1C(=N)C(F)(F)F. The number of benzene rings is 2. The quantitative estimate of drug-likeness (QED) is 0.485. The van der Waals surface area contributed by atoms with E-state index in [4.69, 9.17) is 15.9 Å². The van der Waals surface area contributed by atoms with E-state index in [2.05, 4.69) is 10.3 Å². The first-order valence-corrected chi connectivity index (χ1v) is 9.13. The maximum absolute atomic E-state index is 12.9. The normalized spacial score (nSPS) is 11.1. The molecule has 160 valence electrons. The van der Waals surface area contributed by atoms with Crippen LogP contribution in [-0.4, -0.2) is 29.8 Å². The molecule has 1 amide bonds. The molecule has 0 spiro atoms. The van der Waals surface area contributed by atoms with Gasteiger partial charge >= 0.3 is 6.18 Å². The Hall–Kier alpha value is -3.88. The second-order valence-electron chi connectivity index (χ2n) is 6.70. The van der Waals surface area contributed by atoms with Crippen molar-refractivity contribution in [1.82, 2.24) is 4.98 Å². The molecule has 2 aromatic carbocycles. The number of halogens is 3. The third kappa shape index (κ3) is 4.82. The Bertz CT molecular complexity index is 1160. The van der Waals surface area contributed by atoms with E-state index in [-0.39, 0.29) is 11.3 Å². The Morgan fingerprint density at radius 2 is 1.74 bits per heavy atom. The van der Waals surface area contributed by atoms with Crippen molar-refractivity contribution >= 4 is 17.3 Å². The van der Waals surface area contributed by atoms with Crippen LogP contribution in [0.1, 0.15) is 21.5 Å². The predicted octanol–water partition coefficient (Wildman–Crippen LogP) is 4.92. The highest BCUT2D eigenvalue weighted by atomic mass is 19.4. The summed E-state index contributed by atoms with van der Waals surface area (Å²) in [6.07, 6.45) is -3.22. The van der Waals surface area contributed by atoms with Crippen LogP contribution < -0.4 is 15.8 Å². The average Bonchev–Trinajstić information content (AvgIpc) is 2.72. The number of nitrogens with two attached hydrogens (primary N) is 1. The van der Waals surface area contributed by atoms with Crippen LogP contribution in [-0.2, 0) is 0 Å². The van der Waals surface area contributed by atoms with Crippen molar-refractivity contribution in [2.75, 3.05) is 12.4 Å². The average molecular weight is 428 g/mol. The van der Waals surface area contributed by atoms with E-state index >= 15 is 0 Å². The molecule has 0 saturated carbocycles. The lowest BCUT2D eigenvalue weighted by atomic mass is 10.0. The number of aromatic nitrogens is 1. The van der Waals surface area contributed by atoms with E-state index in [9.17, 15) is 18.0 Å². The Kier molecular flexibility index (Phi) is 5.96. The molecule has 0 atom stereocenters. The van der Waals surface area contributed by atoms with Crippen LogP contribution in [0.3, 0.4) is 0 Å². The Balaban J connectivity index is 1.88. The van der Waals surface area contributed by atoms with Crippen molar-refractivity contribution < 1.29 is 22.7 Å². The molecule has 0 fully saturated rings. The zero-order valence-corrected chi connectivity index (χ0v) is 16.7. The molecule has 0 aliphatic carbocycles. The molecule has 31 heavy (non-hydrogen) atoms. The third-order valence-electron chi connectivity index (χ3n) is 4.57. The summed E-state index contributed by atoms with van der Waals surface area (Å²) < 4.78 is 44.4. The fraction of sp³-hybridized carbons (Fsp3) is 0.136. The number of alkyl halides is 3. The molecule has 4 N–H and O–H groups in total. The van der Waals surface area contributed by atoms with Gasteiger partial charge in [0.1, 0.15) is 17.2 Å². The second kappa shape index (κ2) is 8.47. The first kappa shape index (κ1) is 21.8. The fourth-order valence-electron chi connectivity index (χ4n) is 3.03. The van der Waals surface area contributed by atoms with Gasteiger partial charge in [0, 0.05) is 47.8 Å². The Morgan fingerprint density at radius 1 is 1.06 bits per heavy atom. The molecule has 3 rings (SSSR count). The third-order valence-corrected chi connectivity index (χ3v) is 4.57. The summed E-state index contributed by atoms with van der Waals surface area (Å²) >= 11 is 0. The number of hydrogen-bond acceptors (Lipinski definition) is 5. The van der Waals surface area contributed by atoms with Crippen LogP contribution in [0.2, 0.25) is 0 Å². The lowest BCUT2D eigenvalue weighted by Crippen LogP contribution is -2.23. The number of nitrogens with zero attached hydrogens (tertiary/aromatic N) is 1. The van der Waals surface area contributed by atoms with Crippen molar-refractivity contribution in [2.24, 2.45) is 5.73 Å². The molecular formula is C22H19F3N4O2. The largest absolute Gasteiger partial charge is 0.457 e. The number of anilines is 1. The standard InChI is InChI=1S/C22H19F3N4O2/c1-12-9-13(3-5-16(12)21(27)30)18-10-15(7-8-29-18)31-14-4-6-17(19(11-14)28-2)20(26)22(23,24)25/h3-11,26,28H,1-2H3,(H2,27,30). The van der Waals surface area contributed by atoms with Crippen molar-refractivity contribution in [2.45, 2.75) is 13.1 Å². The molecule has 0 saturated heterocycles. The fourth-order valence-corrected chi connectivity index (χ4v) is 3.03. The monoisotopic (exact) mass is 428 g/mol. The number of amides is 1. The van der Waals surface area contributed by atoms with Gasteiger partial charge in [0.25, 0.3) is 0 Å². The molecule has 0 bridgehead atoms. The van der Waals surface area contributed by atoms with Crippen molar-refractivity contribution in [3.8, 4) is 22.8 Å². The van der Waals surface area contributed by atoms with Crippen LogP contribution in [0, 0.1) is 12.3 Å². The predicted molar refractivity (Wildman–Crippen MR) is 112 cm³/mol. The highest BCUT2D eigenvalue weighted by Crippen LogP contribution is 2.32. The van der Waals surface area contributed by atoms with Gasteiger partial charge in [-0.15, -0.1) is 0 Å². The molecule has 0 aliphatic heterocycles. The first-order valence-electron chi connectivity index (χ1n) is 9.13. The van der Waals surface area contributed by atoms with Gasteiger partial charge in [-0.05, 0) is 42.8 Å². The zero-order chi connectivity index (χ0) is 22.8. The van der Waals surface area contributed by atoms with E-state index in [1.165, 1.54) is 31.4 Å². The lowest BCUT2D eigenvalue weighted by Gasteiger charge is -2.15. The summed E-state index contributed by atoms with van der Waals surface area (Å²) in [5.74, 6) is 0.194. The number of carbonyl (C=O) groups excluding carboxylic acids is 1. The number of hydrogen-bond donors (Lipinski definition) is 3. The minimum atomic E-state index is -4.75. The van der Waals surface area contributed by atoms with E-state index in [0.29, 0.717) is 28.3 Å². The number of nitrogens with one attached hydrogen (secondary N) is 2. The van der Waals surface area contributed by atoms with Crippen LogP contribution in [0.25, 0.3) is 11.3 Å². The molecule has 6 nitrogen and oxygen atoms in total. The molecule has 9 heteroatoms. The van der Waals surface area contributed by atoms with Gasteiger partial charge in [-0.1, -0.05) is 6.07 Å². The van der Waals surface area contributed by atoms with Gasteiger partial charge in [-0.2, -0.15) is 13.2 Å². The maximum atomic E-state index is 12.9. The molecule has 0 radical (unpaired) electrons. The van der Waals surface area contributed by atoms with Crippen LogP contribution in [0.5, 0.6) is 11.5 Å². The Morgan fingerprint density at radius 3 is 2.35 bits per heavy atom. The minimum absolute atomic E-state index is 0.117. The summed E-state index contributed by atoms with van der Waals surface area (Å²) in [7, 11) is 1.47. The van der Waals surface area contributed by atoms with E-state index in [0.717, 1.165) is 5.56 Å². The van der Waals surface area contributed by atoms with Crippen LogP contribution in [0.4, 0.5) is 18.9 Å². The number of carbonyl (C=O) groups is 1. The second-order valence-corrected chi connectivity index (χ2v) is 6.70. The van der Waals surface area contributed by atoms with E-state index < -0.39 is 17.8 Å². The van der Waals surface area contributed by atoms with Gasteiger partial charge in [-0.3, -0.25) is 15.2 Å². The van der Waals surface area contributed by atoms with E-state index in [1.54, 1.807) is 37.3 Å². The maximum Gasteiger partial charge on any atom is 0.433 e. The number of pyridine rings is 1. The lowest BCUT2D eigenvalue weighted by molar-refractivity contribution is -0.0587.